The van der Waals surface area contributed by atoms with Crippen LogP contribution in [-0.2, 0) is 6.42 Å². The lowest BCUT2D eigenvalue weighted by atomic mass is 10.1. The summed E-state index contributed by atoms with van der Waals surface area (Å²) in [6, 6.07) is 11.0. The summed E-state index contributed by atoms with van der Waals surface area (Å²) in [5, 5.41) is 11.8. The Balaban J connectivity index is 1.66. The number of benzene rings is 1. The first-order chi connectivity index (χ1) is 9.33. The first-order valence-corrected chi connectivity index (χ1v) is 7.01. The van der Waals surface area contributed by atoms with Gasteiger partial charge in [-0.3, -0.25) is 0 Å². The molecule has 4 nitrogen and oxygen atoms in total. The van der Waals surface area contributed by atoms with Gasteiger partial charge < -0.3 is 5.32 Å². The maximum Gasteiger partial charge on any atom is 0.0729 e. The molecule has 0 spiro atoms. The van der Waals surface area contributed by atoms with Crippen molar-refractivity contribution in [2.45, 2.75) is 32.2 Å². The van der Waals surface area contributed by atoms with Crippen molar-refractivity contribution in [3.05, 3.63) is 42.2 Å². The highest BCUT2D eigenvalue weighted by Crippen LogP contribution is 2.19. The summed E-state index contributed by atoms with van der Waals surface area (Å²) in [6.45, 7) is 3.35. The maximum absolute atomic E-state index is 4.19. The van der Waals surface area contributed by atoms with Crippen LogP contribution in [0.5, 0.6) is 0 Å². The van der Waals surface area contributed by atoms with Gasteiger partial charge in [-0.05, 0) is 43.9 Å². The Hall–Kier alpha value is -1.68. The van der Waals surface area contributed by atoms with E-state index in [0.717, 1.165) is 24.7 Å². The maximum atomic E-state index is 4.19. The molecule has 2 aromatic rings. The minimum absolute atomic E-state index is 0.599. The van der Waals surface area contributed by atoms with Crippen molar-refractivity contribution in [1.29, 1.82) is 0 Å². The van der Waals surface area contributed by atoms with Gasteiger partial charge in [-0.2, -0.15) is 0 Å². The predicted octanol–water partition coefficient (Wildman–Crippen LogP) is 2.20. The van der Waals surface area contributed by atoms with Crippen LogP contribution in [0.4, 0.5) is 0 Å². The van der Waals surface area contributed by atoms with Gasteiger partial charge in [0.25, 0.3) is 0 Å². The molecule has 3 rings (SSSR count). The summed E-state index contributed by atoms with van der Waals surface area (Å²) in [7, 11) is 0. The molecule has 1 atom stereocenters. The van der Waals surface area contributed by atoms with Crippen LogP contribution < -0.4 is 5.32 Å². The zero-order valence-electron chi connectivity index (χ0n) is 11.3. The molecule has 1 aromatic carbocycles. The van der Waals surface area contributed by atoms with E-state index in [-0.39, 0.29) is 0 Å². The first kappa shape index (κ1) is 12.4. The standard InChI is InChI=1S/C15H20N4/c1-12(10-16-13-7-8-13)9-15-11-17-18-19(15)14-5-3-2-4-6-14/h2-6,11-13,16H,7-10H2,1H3. The fraction of sp³-hybridized carbons (Fsp3) is 0.467. The van der Waals surface area contributed by atoms with Crippen LogP contribution >= 0.6 is 0 Å². The Morgan fingerprint density at radius 3 is 2.84 bits per heavy atom. The van der Waals surface area contributed by atoms with Gasteiger partial charge in [0.05, 0.1) is 17.6 Å². The number of para-hydroxylation sites is 1. The predicted molar refractivity (Wildman–Crippen MR) is 75.3 cm³/mol. The molecule has 19 heavy (non-hydrogen) atoms. The Kier molecular flexibility index (Phi) is 3.60. The average molecular weight is 256 g/mol. The lowest BCUT2D eigenvalue weighted by Crippen LogP contribution is -2.24. The third-order valence-corrected chi connectivity index (χ3v) is 3.51. The van der Waals surface area contributed by atoms with Crippen molar-refractivity contribution in [1.82, 2.24) is 20.3 Å². The molecule has 1 aromatic heterocycles. The summed E-state index contributed by atoms with van der Waals surface area (Å²) < 4.78 is 1.94. The van der Waals surface area contributed by atoms with Crippen LogP contribution in [0.3, 0.4) is 0 Å². The van der Waals surface area contributed by atoms with Gasteiger partial charge in [0.1, 0.15) is 0 Å². The second-order valence-electron chi connectivity index (χ2n) is 5.46. The molecule has 1 unspecified atom stereocenters. The van der Waals surface area contributed by atoms with Crippen LogP contribution in [0.25, 0.3) is 5.69 Å². The van der Waals surface area contributed by atoms with Crippen molar-refractivity contribution in [2.75, 3.05) is 6.54 Å². The summed E-state index contributed by atoms with van der Waals surface area (Å²) in [5.74, 6) is 0.599. The Labute approximate surface area is 113 Å². The molecule has 100 valence electrons. The van der Waals surface area contributed by atoms with Gasteiger partial charge in [0.2, 0.25) is 0 Å². The SMILES string of the molecule is CC(CNC1CC1)Cc1cnnn1-c1ccccc1. The molecular formula is C15H20N4. The van der Waals surface area contributed by atoms with E-state index in [1.54, 1.807) is 0 Å². The molecule has 0 aliphatic heterocycles. The quantitative estimate of drug-likeness (QED) is 0.861. The third-order valence-electron chi connectivity index (χ3n) is 3.51. The summed E-state index contributed by atoms with van der Waals surface area (Å²) in [6.07, 6.45) is 5.56. The fourth-order valence-corrected chi connectivity index (χ4v) is 2.27. The smallest absolute Gasteiger partial charge is 0.0729 e. The number of hydrogen-bond acceptors (Lipinski definition) is 3. The molecule has 1 fully saturated rings. The van der Waals surface area contributed by atoms with Gasteiger partial charge in [0, 0.05) is 6.04 Å². The van der Waals surface area contributed by atoms with Crippen LogP contribution in [0.15, 0.2) is 36.5 Å². The van der Waals surface area contributed by atoms with E-state index in [2.05, 4.69) is 34.7 Å². The van der Waals surface area contributed by atoms with Crippen LogP contribution in [0.2, 0.25) is 0 Å². The molecular weight excluding hydrogens is 236 g/mol. The van der Waals surface area contributed by atoms with E-state index in [1.165, 1.54) is 18.5 Å². The minimum atomic E-state index is 0.599. The topological polar surface area (TPSA) is 42.7 Å². The number of hydrogen-bond donors (Lipinski definition) is 1. The molecule has 1 saturated carbocycles. The van der Waals surface area contributed by atoms with Crippen molar-refractivity contribution >= 4 is 0 Å². The number of aromatic nitrogens is 3. The van der Waals surface area contributed by atoms with Crippen molar-refractivity contribution in [3.63, 3.8) is 0 Å². The van der Waals surface area contributed by atoms with Gasteiger partial charge in [-0.1, -0.05) is 30.3 Å². The monoisotopic (exact) mass is 256 g/mol. The van der Waals surface area contributed by atoms with Gasteiger partial charge >= 0.3 is 0 Å². The van der Waals surface area contributed by atoms with E-state index in [1.807, 2.05) is 29.1 Å². The first-order valence-electron chi connectivity index (χ1n) is 7.01. The Morgan fingerprint density at radius 2 is 2.11 bits per heavy atom. The van der Waals surface area contributed by atoms with Gasteiger partial charge in [0.15, 0.2) is 0 Å². The van der Waals surface area contributed by atoms with Crippen molar-refractivity contribution in [2.24, 2.45) is 5.92 Å². The highest BCUT2D eigenvalue weighted by atomic mass is 15.4. The number of rotatable bonds is 6. The molecule has 1 aliphatic rings. The highest BCUT2D eigenvalue weighted by Gasteiger charge is 2.21. The normalized spacial score (nSPS) is 16.5. The Morgan fingerprint density at radius 1 is 1.32 bits per heavy atom. The second-order valence-corrected chi connectivity index (χ2v) is 5.46. The lowest BCUT2D eigenvalue weighted by molar-refractivity contribution is 0.499. The largest absolute Gasteiger partial charge is 0.314 e. The van der Waals surface area contributed by atoms with Gasteiger partial charge in [-0.15, -0.1) is 5.10 Å². The summed E-state index contributed by atoms with van der Waals surface area (Å²) >= 11 is 0. The molecule has 4 heteroatoms. The van der Waals surface area contributed by atoms with Crippen molar-refractivity contribution in [3.8, 4) is 5.69 Å². The van der Waals surface area contributed by atoms with E-state index >= 15 is 0 Å². The molecule has 1 heterocycles. The van der Waals surface area contributed by atoms with E-state index in [9.17, 15) is 0 Å². The van der Waals surface area contributed by atoms with Crippen LogP contribution in [0.1, 0.15) is 25.5 Å². The zero-order valence-corrected chi connectivity index (χ0v) is 11.3. The molecule has 0 amide bonds. The van der Waals surface area contributed by atoms with Crippen LogP contribution in [0, 0.1) is 5.92 Å². The Bertz CT molecular complexity index is 516. The van der Waals surface area contributed by atoms with E-state index < -0.39 is 0 Å². The zero-order chi connectivity index (χ0) is 13.1. The van der Waals surface area contributed by atoms with Crippen molar-refractivity contribution < 1.29 is 0 Å². The highest BCUT2D eigenvalue weighted by molar-refractivity contribution is 5.31. The molecule has 0 radical (unpaired) electrons. The molecule has 1 aliphatic carbocycles. The van der Waals surface area contributed by atoms with Crippen LogP contribution in [-0.4, -0.2) is 27.6 Å². The number of nitrogens with one attached hydrogen (secondary N) is 1. The minimum Gasteiger partial charge on any atom is -0.314 e. The second kappa shape index (κ2) is 5.53. The van der Waals surface area contributed by atoms with E-state index in [4.69, 9.17) is 0 Å². The van der Waals surface area contributed by atoms with E-state index in [0.29, 0.717) is 5.92 Å². The average Bonchev–Trinajstić information content (AvgIpc) is 3.16. The third kappa shape index (κ3) is 3.20. The molecule has 0 saturated heterocycles. The van der Waals surface area contributed by atoms with Gasteiger partial charge in [-0.25, -0.2) is 4.68 Å². The summed E-state index contributed by atoms with van der Waals surface area (Å²) in [4.78, 5) is 0. The summed E-state index contributed by atoms with van der Waals surface area (Å²) in [5.41, 5.74) is 2.26. The molecule has 1 N–H and O–H groups in total. The lowest BCUT2D eigenvalue weighted by Gasteiger charge is -2.13. The molecule has 0 bridgehead atoms. The fourth-order valence-electron chi connectivity index (χ4n) is 2.27. The number of nitrogens with zero attached hydrogens (tertiary/aromatic N) is 3.